The van der Waals surface area contributed by atoms with Crippen molar-refractivity contribution in [2.24, 2.45) is 5.73 Å². The summed E-state index contributed by atoms with van der Waals surface area (Å²) in [6.07, 6.45) is 22.2. The number of allylic oxidation sites excluding steroid dienone is 1. The molecule has 2 nitrogen and oxygen atoms in total. The molecule has 0 aliphatic carbocycles. The fourth-order valence-electron chi connectivity index (χ4n) is 2.48. The zero-order valence-corrected chi connectivity index (χ0v) is 13.5. The molecule has 2 heteroatoms. The molecule has 0 atom stereocenters. The molecule has 0 aromatic heterocycles. The molecule has 1 amide bonds. The van der Waals surface area contributed by atoms with Crippen molar-refractivity contribution < 1.29 is 4.79 Å². The molecule has 0 aliphatic rings. The van der Waals surface area contributed by atoms with Gasteiger partial charge in [0.25, 0.3) is 0 Å². The lowest BCUT2D eigenvalue weighted by atomic mass is 10.0. The van der Waals surface area contributed by atoms with Crippen LogP contribution in [0.3, 0.4) is 0 Å². The van der Waals surface area contributed by atoms with Crippen LogP contribution in [0.25, 0.3) is 0 Å². The molecular formula is C18H35NO. The summed E-state index contributed by atoms with van der Waals surface area (Å²) in [5.41, 5.74) is 5.02. The normalized spacial score (nSPS) is 11.2. The van der Waals surface area contributed by atoms with Crippen LogP contribution in [0.2, 0.25) is 0 Å². The Hall–Kier alpha value is -0.790. The van der Waals surface area contributed by atoms with Crippen LogP contribution in [0.1, 0.15) is 96.8 Å². The Balaban J connectivity index is 3.01. The van der Waals surface area contributed by atoms with Crippen molar-refractivity contribution >= 4 is 5.91 Å². The van der Waals surface area contributed by atoms with E-state index in [4.69, 9.17) is 5.73 Å². The van der Waals surface area contributed by atoms with Gasteiger partial charge in [0.05, 0.1) is 0 Å². The molecule has 2 N–H and O–H groups in total. The minimum atomic E-state index is -0.334. The third kappa shape index (κ3) is 17.2. The average Bonchev–Trinajstić information content (AvgIpc) is 2.43. The molecule has 0 aromatic rings. The minimum absolute atomic E-state index is 0.334. The number of carbonyl (C=O) groups is 1. The Kier molecular flexibility index (Phi) is 15.6. The van der Waals surface area contributed by atoms with Crippen molar-refractivity contribution in [1.82, 2.24) is 0 Å². The summed E-state index contributed by atoms with van der Waals surface area (Å²) in [6.45, 7) is 2.27. The summed E-state index contributed by atoms with van der Waals surface area (Å²) < 4.78 is 0. The first-order chi connectivity index (χ1) is 9.77. The van der Waals surface area contributed by atoms with E-state index in [9.17, 15) is 4.79 Å². The van der Waals surface area contributed by atoms with E-state index in [2.05, 4.69) is 6.92 Å². The highest BCUT2D eigenvalue weighted by Gasteiger charge is 1.93. The van der Waals surface area contributed by atoms with Gasteiger partial charge in [-0.05, 0) is 18.9 Å². The topological polar surface area (TPSA) is 43.1 Å². The monoisotopic (exact) mass is 281 g/mol. The quantitative estimate of drug-likeness (QED) is 0.312. The van der Waals surface area contributed by atoms with E-state index >= 15 is 0 Å². The maximum absolute atomic E-state index is 10.5. The van der Waals surface area contributed by atoms with Gasteiger partial charge in [0.15, 0.2) is 0 Å². The summed E-state index contributed by atoms with van der Waals surface area (Å²) in [5, 5.41) is 0. The largest absolute Gasteiger partial charge is 0.366 e. The van der Waals surface area contributed by atoms with Crippen LogP contribution in [0, 0.1) is 0 Å². The maximum Gasteiger partial charge on any atom is 0.241 e. The summed E-state index contributed by atoms with van der Waals surface area (Å²) in [4.78, 5) is 10.5. The SMILES string of the molecule is CCCCCCCCCCCCCCC/C=C/C(N)=O. The molecule has 0 aliphatic heterocycles. The Morgan fingerprint density at radius 2 is 1.15 bits per heavy atom. The average molecular weight is 281 g/mol. The second-order valence-electron chi connectivity index (χ2n) is 5.84. The fraction of sp³-hybridized carbons (Fsp3) is 0.833. The molecule has 0 fully saturated rings. The third-order valence-electron chi connectivity index (χ3n) is 3.76. The lowest BCUT2D eigenvalue weighted by Crippen LogP contribution is -2.05. The number of primary amides is 1. The molecule has 0 radical (unpaired) electrons. The van der Waals surface area contributed by atoms with E-state index in [1.54, 1.807) is 0 Å². The van der Waals surface area contributed by atoms with Gasteiger partial charge in [0.2, 0.25) is 5.91 Å². The second-order valence-corrected chi connectivity index (χ2v) is 5.84. The Bertz CT molecular complexity index is 236. The predicted molar refractivity (Wildman–Crippen MR) is 88.6 cm³/mol. The van der Waals surface area contributed by atoms with Gasteiger partial charge in [-0.3, -0.25) is 4.79 Å². The van der Waals surface area contributed by atoms with Gasteiger partial charge >= 0.3 is 0 Å². The van der Waals surface area contributed by atoms with Crippen LogP contribution in [-0.4, -0.2) is 5.91 Å². The first-order valence-electron chi connectivity index (χ1n) is 8.73. The van der Waals surface area contributed by atoms with Gasteiger partial charge < -0.3 is 5.73 Å². The lowest BCUT2D eigenvalue weighted by molar-refractivity contribution is -0.113. The van der Waals surface area contributed by atoms with Crippen LogP contribution >= 0.6 is 0 Å². The number of rotatable bonds is 15. The van der Waals surface area contributed by atoms with Gasteiger partial charge in [-0.1, -0.05) is 90.0 Å². The van der Waals surface area contributed by atoms with E-state index in [0.29, 0.717) is 0 Å². The van der Waals surface area contributed by atoms with Crippen LogP contribution in [0.15, 0.2) is 12.2 Å². The molecule has 0 rings (SSSR count). The highest BCUT2D eigenvalue weighted by atomic mass is 16.1. The number of nitrogens with two attached hydrogens (primary N) is 1. The van der Waals surface area contributed by atoms with Crippen LogP contribution in [-0.2, 0) is 4.79 Å². The van der Waals surface area contributed by atoms with E-state index in [-0.39, 0.29) is 5.91 Å². The molecule has 0 unspecified atom stereocenters. The molecule has 20 heavy (non-hydrogen) atoms. The van der Waals surface area contributed by atoms with Crippen molar-refractivity contribution in [3.8, 4) is 0 Å². The van der Waals surface area contributed by atoms with Gasteiger partial charge in [-0.15, -0.1) is 0 Å². The molecule has 0 aromatic carbocycles. The van der Waals surface area contributed by atoms with Crippen molar-refractivity contribution in [3.05, 3.63) is 12.2 Å². The lowest BCUT2D eigenvalue weighted by Gasteiger charge is -2.02. The van der Waals surface area contributed by atoms with E-state index < -0.39 is 0 Å². The number of unbranched alkanes of at least 4 members (excludes halogenated alkanes) is 13. The van der Waals surface area contributed by atoms with E-state index in [0.717, 1.165) is 6.42 Å². The first-order valence-corrected chi connectivity index (χ1v) is 8.73. The van der Waals surface area contributed by atoms with Crippen LogP contribution < -0.4 is 5.73 Å². The maximum atomic E-state index is 10.5. The molecule has 0 saturated carbocycles. The zero-order valence-electron chi connectivity index (χ0n) is 13.5. The molecule has 0 heterocycles. The smallest absolute Gasteiger partial charge is 0.241 e. The Morgan fingerprint density at radius 3 is 1.55 bits per heavy atom. The minimum Gasteiger partial charge on any atom is -0.366 e. The zero-order chi connectivity index (χ0) is 14.9. The highest BCUT2D eigenvalue weighted by Crippen LogP contribution is 2.12. The summed E-state index contributed by atoms with van der Waals surface area (Å²) in [6, 6.07) is 0. The number of amides is 1. The van der Waals surface area contributed by atoms with Crippen molar-refractivity contribution in [2.45, 2.75) is 96.8 Å². The third-order valence-corrected chi connectivity index (χ3v) is 3.76. The molecular weight excluding hydrogens is 246 g/mol. The number of hydrogen-bond acceptors (Lipinski definition) is 1. The second kappa shape index (κ2) is 16.3. The van der Waals surface area contributed by atoms with E-state index in [1.165, 1.54) is 89.5 Å². The molecule has 0 spiro atoms. The summed E-state index contributed by atoms with van der Waals surface area (Å²) in [5.74, 6) is -0.334. The Labute approximate surface area is 126 Å². The van der Waals surface area contributed by atoms with Crippen molar-refractivity contribution in [3.63, 3.8) is 0 Å². The van der Waals surface area contributed by atoms with Crippen molar-refractivity contribution in [2.75, 3.05) is 0 Å². The first kappa shape index (κ1) is 19.2. The van der Waals surface area contributed by atoms with Gasteiger partial charge in [0, 0.05) is 0 Å². The standard InChI is InChI=1S/C18H35NO/c1-2-3-4-5-6-7-8-9-10-11-12-13-14-15-16-17-18(19)20/h16-17H,2-15H2,1H3,(H2,19,20)/b17-16+. The van der Waals surface area contributed by atoms with Gasteiger partial charge in [-0.2, -0.15) is 0 Å². The molecule has 0 saturated heterocycles. The van der Waals surface area contributed by atoms with Crippen LogP contribution in [0.4, 0.5) is 0 Å². The summed E-state index contributed by atoms with van der Waals surface area (Å²) >= 11 is 0. The fourth-order valence-corrected chi connectivity index (χ4v) is 2.48. The highest BCUT2D eigenvalue weighted by molar-refractivity contribution is 5.85. The van der Waals surface area contributed by atoms with Gasteiger partial charge in [-0.25, -0.2) is 0 Å². The van der Waals surface area contributed by atoms with Crippen molar-refractivity contribution in [1.29, 1.82) is 0 Å². The van der Waals surface area contributed by atoms with Gasteiger partial charge in [0.1, 0.15) is 0 Å². The number of hydrogen-bond donors (Lipinski definition) is 1. The predicted octanol–water partition coefficient (Wildman–Crippen LogP) is 5.51. The van der Waals surface area contributed by atoms with Crippen LogP contribution in [0.5, 0.6) is 0 Å². The summed E-state index contributed by atoms with van der Waals surface area (Å²) in [7, 11) is 0. The molecule has 0 bridgehead atoms. The number of carbonyl (C=O) groups excluding carboxylic acids is 1. The van der Waals surface area contributed by atoms with E-state index in [1.807, 2.05) is 6.08 Å². The Morgan fingerprint density at radius 1 is 0.750 bits per heavy atom. The molecule has 118 valence electrons.